The van der Waals surface area contributed by atoms with E-state index < -0.39 is 10.0 Å². The maximum Gasteiger partial charge on any atom is 0.247 e. The van der Waals surface area contributed by atoms with Crippen LogP contribution in [0, 0.1) is 0 Å². The molecule has 1 aliphatic rings. The third-order valence-corrected chi connectivity index (χ3v) is 5.91. The van der Waals surface area contributed by atoms with Crippen LogP contribution in [0.3, 0.4) is 0 Å². The molecule has 1 aromatic carbocycles. The van der Waals surface area contributed by atoms with Gasteiger partial charge in [0.05, 0.1) is 7.11 Å². The molecule has 2 unspecified atom stereocenters. The first-order valence-corrected chi connectivity index (χ1v) is 8.09. The lowest BCUT2D eigenvalue weighted by molar-refractivity contribution is 0.203. The molecule has 106 valence electrons. The van der Waals surface area contributed by atoms with Crippen molar-refractivity contribution in [2.24, 2.45) is 0 Å². The fourth-order valence-corrected chi connectivity index (χ4v) is 4.86. The Morgan fingerprint density at radius 2 is 1.74 bits per heavy atom. The third kappa shape index (κ3) is 2.62. The Morgan fingerprint density at radius 1 is 1.16 bits per heavy atom. The van der Waals surface area contributed by atoms with Crippen LogP contribution in [0.15, 0.2) is 29.2 Å². The second-order valence-corrected chi connectivity index (χ2v) is 6.93. The quantitative estimate of drug-likeness (QED) is 0.856. The van der Waals surface area contributed by atoms with Gasteiger partial charge in [0.15, 0.2) is 0 Å². The number of ether oxygens (including phenoxy) is 1. The first-order chi connectivity index (χ1) is 8.98. The molecular formula is C14H21NO3S. The molecule has 0 spiro atoms. The highest BCUT2D eigenvalue weighted by Gasteiger charge is 2.36. The lowest BCUT2D eigenvalue weighted by atomic mass is 10.0. The van der Waals surface area contributed by atoms with E-state index in [-0.39, 0.29) is 17.0 Å². The van der Waals surface area contributed by atoms with Gasteiger partial charge >= 0.3 is 0 Å². The third-order valence-electron chi connectivity index (χ3n) is 3.74. The molecule has 0 aliphatic carbocycles. The van der Waals surface area contributed by atoms with Crippen molar-refractivity contribution >= 4 is 10.0 Å². The average molecular weight is 283 g/mol. The number of piperidine rings is 1. The van der Waals surface area contributed by atoms with E-state index in [9.17, 15) is 8.42 Å². The van der Waals surface area contributed by atoms with E-state index in [4.69, 9.17) is 4.74 Å². The van der Waals surface area contributed by atoms with Crippen molar-refractivity contribution in [2.75, 3.05) is 7.11 Å². The first kappa shape index (κ1) is 14.3. The number of rotatable bonds is 3. The van der Waals surface area contributed by atoms with Gasteiger partial charge in [0.1, 0.15) is 10.6 Å². The highest BCUT2D eigenvalue weighted by atomic mass is 32.2. The minimum atomic E-state index is -3.49. The molecule has 0 saturated carbocycles. The van der Waals surface area contributed by atoms with Crippen LogP contribution >= 0.6 is 0 Å². The van der Waals surface area contributed by atoms with Crippen LogP contribution in [0.1, 0.15) is 33.1 Å². The standard InChI is InChI=1S/C14H21NO3S/c1-11-7-6-8-12(2)15(11)19(16,17)14-10-5-4-9-13(14)18-3/h4-5,9-12H,6-8H2,1-3H3. The van der Waals surface area contributed by atoms with Crippen LogP contribution in [0.5, 0.6) is 5.75 Å². The zero-order valence-electron chi connectivity index (χ0n) is 11.7. The minimum absolute atomic E-state index is 0.0404. The largest absolute Gasteiger partial charge is 0.495 e. The van der Waals surface area contributed by atoms with Crippen LogP contribution < -0.4 is 4.74 Å². The second kappa shape index (κ2) is 5.51. The van der Waals surface area contributed by atoms with Crippen molar-refractivity contribution in [3.8, 4) is 5.75 Å². The lowest BCUT2D eigenvalue weighted by Crippen LogP contribution is -2.47. The van der Waals surface area contributed by atoms with Crippen LogP contribution in [0.25, 0.3) is 0 Å². The molecule has 0 amide bonds. The van der Waals surface area contributed by atoms with Crippen LogP contribution in [0.2, 0.25) is 0 Å². The Hall–Kier alpha value is -1.07. The number of benzene rings is 1. The zero-order valence-corrected chi connectivity index (χ0v) is 12.5. The Labute approximate surface area is 115 Å². The van der Waals surface area contributed by atoms with Crippen molar-refractivity contribution in [1.82, 2.24) is 4.31 Å². The molecular weight excluding hydrogens is 262 g/mol. The zero-order chi connectivity index (χ0) is 14.0. The van der Waals surface area contributed by atoms with E-state index >= 15 is 0 Å². The number of methoxy groups -OCH3 is 1. The maximum absolute atomic E-state index is 12.8. The van der Waals surface area contributed by atoms with Crippen molar-refractivity contribution in [3.05, 3.63) is 24.3 Å². The summed E-state index contributed by atoms with van der Waals surface area (Å²) in [4.78, 5) is 0.262. The summed E-state index contributed by atoms with van der Waals surface area (Å²) in [5.41, 5.74) is 0. The number of hydrogen-bond donors (Lipinski definition) is 0. The molecule has 2 rings (SSSR count). The molecule has 5 heteroatoms. The van der Waals surface area contributed by atoms with Gasteiger partial charge < -0.3 is 4.74 Å². The van der Waals surface area contributed by atoms with Gasteiger partial charge in [-0.05, 0) is 38.8 Å². The molecule has 1 aromatic rings. The Kier molecular flexibility index (Phi) is 4.16. The van der Waals surface area contributed by atoms with E-state index in [0.717, 1.165) is 19.3 Å². The minimum Gasteiger partial charge on any atom is -0.495 e. The van der Waals surface area contributed by atoms with Crippen LogP contribution in [-0.4, -0.2) is 31.9 Å². The summed E-state index contributed by atoms with van der Waals surface area (Å²) in [6.45, 7) is 3.95. The molecule has 0 bridgehead atoms. The smallest absolute Gasteiger partial charge is 0.247 e. The van der Waals surface area contributed by atoms with E-state index in [1.807, 2.05) is 13.8 Å². The predicted octanol–water partition coefficient (Wildman–Crippen LogP) is 2.65. The summed E-state index contributed by atoms with van der Waals surface area (Å²) in [6, 6.07) is 6.89. The van der Waals surface area contributed by atoms with Gasteiger partial charge in [0.2, 0.25) is 10.0 Å². The molecule has 1 saturated heterocycles. The molecule has 4 nitrogen and oxygen atoms in total. The summed E-state index contributed by atoms with van der Waals surface area (Å²) in [5, 5.41) is 0. The number of para-hydroxylation sites is 1. The normalized spacial score (nSPS) is 25.2. The van der Waals surface area contributed by atoms with Gasteiger partial charge in [-0.15, -0.1) is 0 Å². The Morgan fingerprint density at radius 3 is 2.32 bits per heavy atom. The molecule has 1 fully saturated rings. The van der Waals surface area contributed by atoms with Crippen molar-refractivity contribution in [2.45, 2.75) is 50.1 Å². The molecule has 0 radical (unpaired) electrons. The molecule has 0 N–H and O–H groups in total. The van der Waals surface area contributed by atoms with Gasteiger partial charge in [-0.2, -0.15) is 4.31 Å². The Bertz CT molecular complexity index is 531. The first-order valence-electron chi connectivity index (χ1n) is 6.65. The van der Waals surface area contributed by atoms with Gasteiger partial charge in [-0.3, -0.25) is 0 Å². The molecule has 1 aliphatic heterocycles. The van der Waals surface area contributed by atoms with E-state index in [2.05, 4.69) is 0 Å². The number of nitrogens with zero attached hydrogens (tertiary/aromatic N) is 1. The van der Waals surface area contributed by atoms with Crippen molar-refractivity contribution < 1.29 is 13.2 Å². The van der Waals surface area contributed by atoms with Gasteiger partial charge in [0, 0.05) is 12.1 Å². The number of sulfonamides is 1. The van der Waals surface area contributed by atoms with E-state index in [0.29, 0.717) is 5.75 Å². The average Bonchev–Trinajstić information content (AvgIpc) is 2.38. The molecule has 19 heavy (non-hydrogen) atoms. The lowest BCUT2D eigenvalue weighted by Gasteiger charge is -2.37. The number of hydrogen-bond acceptors (Lipinski definition) is 3. The predicted molar refractivity (Wildman–Crippen MR) is 74.8 cm³/mol. The van der Waals surface area contributed by atoms with Crippen molar-refractivity contribution in [1.29, 1.82) is 0 Å². The molecule has 2 atom stereocenters. The highest BCUT2D eigenvalue weighted by molar-refractivity contribution is 7.89. The van der Waals surface area contributed by atoms with E-state index in [1.165, 1.54) is 7.11 Å². The van der Waals surface area contributed by atoms with Crippen LogP contribution in [-0.2, 0) is 10.0 Å². The van der Waals surface area contributed by atoms with Gasteiger partial charge in [0.25, 0.3) is 0 Å². The molecule has 1 heterocycles. The second-order valence-electron chi connectivity index (χ2n) is 5.11. The topological polar surface area (TPSA) is 46.6 Å². The van der Waals surface area contributed by atoms with Crippen molar-refractivity contribution in [3.63, 3.8) is 0 Å². The maximum atomic E-state index is 12.8. The van der Waals surface area contributed by atoms with E-state index in [1.54, 1.807) is 28.6 Å². The fraction of sp³-hybridized carbons (Fsp3) is 0.571. The fourth-order valence-electron chi connectivity index (χ4n) is 2.82. The van der Waals surface area contributed by atoms with Gasteiger partial charge in [-0.25, -0.2) is 8.42 Å². The summed E-state index contributed by atoms with van der Waals surface area (Å²) in [7, 11) is -2.00. The Balaban J connectivity index is 2.46. The summed E-state index contributed by atoms with van der Waals surface area (Å²) >= 11 is 0. The summed E-state index contributed by atoms with van der Waals surface area (Å²) in [5.74, 6) is 0.410. The summed E-state index contributed by atoms with van der Waals surface area (Å²) in [6.07, 6.45) is 2.91. The summed E-state index contributed by atoms with van der Waals surface area (Å²) < 4.78 is 32.5. The SMILES string of the molecule is COc1ccccc1S(=O)(=O)N1C(C)CCCC1C. The monoisotopic (exact) mass is 283 g/mol. The molecule has 0 aromatic heterocycles. The van der Waals surface area contributed by atoms with Crippen LogP contribution in [0.4, 0.5) is 0 Å². The highest BCUT2D eigenvalue weighted by Crippen LogP contribution is 2.33. The van der Waals surface area contributed by atoms with Gasteiger partial charge in [-0.1, -0.05) is 18.6 Å².